The summed E-state index contributed by atoms with van der Waals surface area (Å²) in [7, 11) is 0. The van der Waals surface area contributed by atoms with Crippen LogP contribution in [0.15, 0.2) is 4.90 Å². The summed E-state index contributed by atoms with van der Waals surface area (Å²) < 4.78 is 72.4. The van der Waals surface area contributed by atoms with Gasteiger partial charge in [-0.15, -0.1) is 0 Å². The Labute approximate surface area is 151 Å². The van der Waals surface area contributed by atoms with Crippen LogP contribution >= 0.6 is 11.8 Å². The fraction of sp³-hybridized carbons (Fsp3) is 0.625. The number of hydrogen-bond acceptors (Lipinski definition) is 4. The van der Waals surface area contributed by atoms with Crippen LogP contribution < -0.4 is 0 Å². The number of halogens is 5. The maximum absolute atomic E-state index is 13.5. The first-order chi connectivity index (χ1) is 12.0. The number of alkyl halides is 5. The highest BCUT2D eigenvalue weighted by atomic mass is 32.2. The molecule has 0 bridgehead atoms. The first-order valence-electron chi connectivity index (χ1n) is 7.96. The topological polar surface area (TPSA) is 59.4 Å². The van der Waals surface area contributed by atoms with Crippen molar-refractivity contribution in [3.05, 3.63) is 22.5 Å². The number of carboxylic acid groups (broad SMARTS) is 1. The summed E-state index contributed by atoms with van der Waals surface area (Å²) in [5.41, 5.74) is -4.53. The van der Waals surface area contributed by atoms with Gasteiger partial charge in [0.2, 0.25) is 0 Å². The lowest BCUT2D eigenvalue weighted by atomic mass is 9.96. The van der Waals surface area contributed by atoms with E-state index in [1.54, 1.807) is 13.8 Å². The molecule has 0 radical (unpaired) electrons. The number of nitrogens with zero attached hydrogens (tertiary/aromatic N) is 1. The van der Waals surface area contributed by atoms with Crippen molar-refractivity contribution in [1.82, 2.24) is 4.98 Å². The Bertz CT molecular complexity index is 673. The Kier molecular flexibility index (Phi) is 6.49. The van der Waals surface area contributed by atoms with E-state index in [1.165, 1.54) is 0 Å². The van der Waals surface area contributed by atoms with Gasteiger partial charge in [-0.25, -0.2) is 18.6 Å². The van der Waals surface area contributed by atoms with Gasteiger partial charge in [-0.1, -0.05) is 25.6 Å². The number of aromatic nitrogens is 1. The second-order valence-electron chi connectivity index (χ2n) is 6.29. The molecule has 2 heterocycles. The Morgan fingerprint density at radius 1 is 1.38 bits per heavy atom. The molecule has 2 rings (SSSR count). The molecule has 0 saturated carbocycles. The SMILES string of the molecule is CC(C)Cc1c(SC2CCCO2)c(C(F)(F)F)nc(C(F)F)c1C(=O)O. The van der Waals surface area contributed by atoms with Gasteiger partial charge in [-0.05, 0) is 30.7 Å². The summed E-state index contributed by atoms with van der Waals surface area (Å²) in [6.45, 7) is 3.72. The Morgan fingerprint density at radius 2 is 2.04 bits per heavy atom. The Morgan fingerprint density at radius 3 is 2.46 bits per heavy atom. The van der Waals surface area contributed by atoms with Gasteiger partial charge in [0.25, 0.3) is 6.43 Å². The third kappa shape index (κ3) is 4.64. The summed E-state index contributed by atoms with van der Waals surface area (Å²) in [6, 6.07) is 0. The maximum Gasteiger partial charge on any atom is 0.434 e. The zero-order chi connectivity index (χ0) is 19.6. The highest BCUT2D eigenvalue weighted by Gasteiger charge is 2.41. The third-order valence-corrected chi connectivity index (χ3v) is 5.03. The Hall–Kier alpha value is -1.42. The molecule has 1 aromatic heterocycles. The first-order valence-corrected chi connectivity index (χ1v) is 8.84. The monoisotopic (exact) mass is 399 g/mol. The molecule has 1 aliphatic heterocycles. The molecule has 1 atom stereocenters. The van der Waals surface area contributed by atoms with Crippen LogP contribution in [0.5, 0.6) is 0 Å². The molecule has 0 aliphatic carbocycles. The molecule has 0 amide bonds. The van der Waals surface area contributed by atoms with Crippen molar-refractivity contribution in [2.45, 2.75) is 56.0 Å². The second kappa shape index (κ2) is 8.08. The second-order valence-corrected chi connectivity index (χ2v) is 7.46. The lowest BCUT2D eigenvalue weighted by molar-refractivity contribution is -0.143. The largest absolute Gasteiger partial charge is 0.478 e. The average Bonchev–Trinajstić information content (AvgIpc) is 2.99. The number of carboxylic acids is 1. The quantitative estimate of drug-likeness (QED) is 0.670. The van der Waals surface area contributed by atoms with Gasteiger partial charge in [0.15, 0.2) is 5.69 Å². The van der Waals surface area contributed by atoms with Gasteiger partial charge in [0, 0.05) is 11.5 Å². The van der Waals surface area contributed by atoms with Crippen molar-refractivity contribution in [3.63, 3.8) is 0 Å². The maximum atomic E-state index is 13.5. The average molecular weight is 399 g/mol. The molecule has 0 spiro atoms. The van der Waals surface area contributed by atoms with Gasteiger partial charge in [-0.3, -0.25) is 0 Å². The number of hydrogen-bond donors (Lipinski definition) is 1. The Balaban J connectivity index is 2.77. The molecule has 0 aromatic carbocycles. The van der Waals surface area contributed by atoms with E-state index in [1.807, 2.05) is 0 Å². The van der Waals surface area contributed by atoms with Crippen molar-refractivity contribution < 1.29 is 36.6 Å². The van der Waals surface area contributed by atoms with Crippen LogP contribution in [0.3, 0.4) is 0 Å². The lowest BCUT2D eigenvalue weighted by Crippen LogP contribution is -2.21. The van der Waals surface area contributed by atoms with Gasteiger partial charge in [0.05, 0.1) is 5.56 Å². The van der Waals surface area contributed by atoms with Gasteiger partial charge < -0.3 is 9.84 Å². The summed E-state index contributed by atoms with van der Waals surface area (Å²) in [5.74, 6) is -1.96. The summed E-state index contributed by atoms with van der Waals surface area (Å²) in [5, 5.41) is 9.39. The van der Waals surface area contributed by atoms with Crippen LogP contribution in [0.4, 0.5) is 22.0 Å². The lowest BCUT2D eigenvalue weighted by Gasteiger charge is -2.22. The smallest absolute Gasteiger partial charge is 0.434 e. The van der Waals surface area contributed by atoms with E-state index < -0.39 is 45.9 Å². The predicted molar refractivity (Wildman–Crippen MR) is 84.5 cm³/mol. The molecule has 1 saturated heterocycles. The zero-order valence-corrected chi connectivity index (χ0v) is 14.9. The van der Waals surface area contributed by atoms with E-state index in [0.29, 0.717) is 31.2 Å². The fourth-order valence-electron chi connectivity index (χ4n) is 2.73. The van der Waals surface area contributed by atoms with E-state index in [-0.39, 0.29) is 17.9 Å². The van der Waals surface area contributed by atoms with Crippen LogP contribution in [0.2, 0.25) is 0 Å². The van der Waals surface area contributed by atoms with Crippen molar-refractivity contribution >= 4 is 17.7 Å². The van der Waals surface area contributed by atoms with Crippen LogP contribution in [0, 0.1) is 5.92 Å². The van der Waals surface area contributed by atoms with Gasteiger partial charge in [-0.2, -0.15) is 13.2 Å². The van der Waals surface area contributed by atoms with E-state index >= 15 is 0 Å². The van der Waals surface area contributed by atoms with E-state index in [4.69, 9.17) is 4.74 Å². The number of thioether (sulfide) groups is 1. The van der Waals surface area contributed by atoms with Crippen LogP contribution in [-0.2, 0) is 17.3 Å². The highest BCUT2D eigenvalue weighted by molar-refractivity contribution is 7.99. The predicted octanol–water partition coefficient (Wildman–Crippen LogP) is 5.16. The number of ether oxygens (including phenoxy) is 1. The van der Waals surface area contributed by atoms with Crippen molar-refractivity contribution in [3.8, 4) is 0 Å². The number of rotatable bonds is 6. The molecule has 1 aliphatic rings. The third-order valence-electron chi connectivity index (χ3n) is 3.72. The van der Waals surface area contributed by atoms with E-state index in [0.717, 1.165) is 0 Å². The first kappa shape index (κ1) is 20.9. The van der Waals surface area contributed by atoms with Gasteiger partial charge in [0.1, 0.15) is 11.1 Å². The molecule has 1 aromatic rings. The normalized spacial score (nSPS) is 18.1. The molecule has 1 N–H and O–H groups in total. The molecule has 146 valence electrons. The molecule has 1 fully saturated rings. The molecule has 4 nitrogen and oxygen atoms in total. The minimum atomic E-state index is -4.99. The summed E-state index contributed by atoms with van der Waals surface area (Å²) in [4.78, 5) is 14.2. The van der Waals surface area contributed by atoms with Crippen molar-refractivity contribution in [1.29, 1.82) is 0 Å². The molecule has 1 unspecified atom stereocenters. The van der Waals surface area contributed by atoms with E-state index in [9.17, 15) is 31.9 Å². The van der Waals surface area contributed by atoms with E-state index in [2.05, 4.69) is 4.98 Å². The molecule has 26 heavy (non-hydrogen) atoms. The molecular formula is C16H18F5NO3S. The van der Waals surface area contributed by atoms with Crippen LogP contribution in [0.25, 0.3) is 0 Å². The minimum absolute atomic E-state index is 0.0952. The number of aromatic carboxylic acids is 1. The van der Waals surface area contributed by atoms with Gasteiger partial charge >= 0.3 is 12.1 Å². The summed E-state index contributed by atoms with van der Waals surface area (Å²) >= 11 is 0.712. The van der Waals surface area contributed by atoms with Crippen molar-refractivity contribution in [2.24, 2.45) is 5.92 Å². The zero-order valence-electron chi connectivity index (χ0n) is 14.1. The summed E-state index contributed by atoms with van der Waals surface area (Å²) in [6.07, 6.45) is -7.38. The highest BCUT2D eigenvalue weighted by Crippen LogP contribution is 2.44. The minimum Gasteiger partial charge on any atom is -0.478 e. The number of pyridine rings is 1. The fourth-order valence-corrected chi connectivity index (χ4v) is 4.04. The van der Waals surface area contributed by atoms with Crippen LogP contribution in [0.1, 0.15) is 60.4 Å². The van der Waals surface area contributed by atoms with Crippen molar-refractivity contribution in [2.75, 3.05) is 6.61 Å². The molecule has 10 heteroatoms. The van der Waals surface area contributed by atoms with Crippen LogP contribution in [-0.4, -0.2) is 28.1 Å². The number of carbonyl (C=O) groups is 1. The molecular weight excluding hydrogens is 381 g/mol. The standard InChI is InChI=1S/C16H18F5NO3S/c1-7(2)6-8-10(15(23)24)11(14(17)18)22-13(16(19,20)21)12(8)26-9-4-3-5-25-9/h7,9,14H,3-6H2,1-2H3,(H,23,24).